The van der Waals surface area contributed by atoms with Crippen molar-refractivity contribution in [1.82, 2.24) is 4.72 Å². The molecule has 0 aliphatic carbocycles. The van der Waals surface area contributed by atoms with Crippen LogP contribution in [0.5, 0.6) is 0 Å². The zero-order valence-electron chi connectivity index (χ0n) is 14.8. The van der Waals surface area contributed by atoms with Crippen LogP contribution < -0.4 is 10.0 Å². The maximum atomic E-state index is 12.2. The molecule has 0 aliphatic rings. The van der Waals surface area contributed by atoms with E-state index < -0.39 is 10.0 Å². The van der Waals surface area contributed by atoms with Crippen LogP contribution in [-0.2, 0) is 21.2 Å². The summed E-state index contributed by atoms with van der Waals surface area (Å²) >= 11 is 3.35. The van der Waals surface area contributed by atoms with Crippen LogP contribution >= 0.6 is 15.9 Å². The standard InChI is InChI=1S/C19H23BrN2O3S/c1-14(2)13-21-26(24,25)18-10-3-15(4-11-18)5-12-19(23)22-17-8-6-16(20)7-9-17/h3-4,6-11,14,21H,5,12-13H2,1-2H3,(H,22,23). The summed E-state index contributed by atoms with van der Waals surface area (Å²) in [7, 11) is -3.48. The van der Waals surface area contributed by atoms with E-state index in [0.29, 0.717) is 19.4 Å². The smallest absolute Gasteiger partial charge is 0.240 e. The average Bonchev–Trinajstić information content (AvgIpc) is 2.61. The van der Waals surface area contributed by atoms with E-state index in [0.717, 1.165) is 15.7 Å². The number of anilines is 1. The summed E-state index contributed by atoms with van der Waals surface area (Å²) in [4.78, 5) is 12.3. The molecule has 1 amide bonds. The molecule has 5 nitrogen and oxygen atoms in total. The molecule has 2 N–H and O–H groups in total. The van der Waals surface area contributed by atoms with Crippen molar-refractivity contribution >= 4 is 37.5 Å². The highest BCUT2D eigenvalue weighted by Gasteiger charge is 2.14. The van der Waals surface area contributed by atoms with Gasteiger partial charge >= 0.3 is 0 Å². The van der Waals surface area contributed by atoms with Crippen LogP contribution in [0.2, 0.25) is 0 Å². The Morgan fingerprint density at radius 1 is 1.04 bits per heavy atom. The normalized spacial score (nSPS) is 11.5. The molecule has 0 heterocycles. The SMILES string of the molecule is CC(C)CNS(=O)(=O)c1ccc(CCC(=O)Nc2ccc(Br)cc2)cc1. The van der Waals surface area contributed by atoms with Gasteiger partial charge in [0, 0.05) is 23.1 Å². The third kappa shape index (κ3) is 6.55. The lowest BCUT2D eigenvalue weighted by Gasteiger charge is -2.09. The highest BCUT2D eigenvalue weighted by Crippen LogP contribution is 2.15. The molecule has 0 spiro atoms. The van der Waals surface area contributed by atoms with E-state index >= 15 is 0 Å². The van der Waals surface area contributed by atoms with Crippen molar-refractivity contribution in [2.24, 2.45) is 5.92 Å². The first-order valence-electron chi connectivity index (χ1n) is 8.40. The Kier molecular flexibility index (Phi) is 7.37. The number of sulfonamides is 1. The summed E-state index contributed by atoms with van der Waals surface area (Å²) in [5, 5.41) is 2.84. The number of benzene rings is 2. The predicted octanol–water partition coefficient (Wildman–Crippen LogP) is 3.95. The van der Waals surface area contributed by atoms with Gasteiger partial charge in [-0.1, -0.05) is 41.9 Å². The lowest BCUT2D eigenvalue weighted by atomic mass is 10.1. The summed E-state index contributed by atoms with van der Waals surface area (Å²) in [6.07, 6.45) is 0.871. The second-order valence-corrected chi connectivity index (χ2v) is 9.13. The fraction of sp³-hybridized carbons (Fsp3) is 0.316. The third-order valence-corrected chi connectivity index (χ3v) is 5.65. The van der Waals surface area contributed by atoms with E-state index in [2.05, 4.69) is 26.0 Å². The number of amides is 1. The molecule has 0 atom stereocenters. The summed E-state index contributed by atoms with van der Waals surface area (Å²) in [6, 6.07) is 14.0. The molecule has 0 unspecified atom stereocenters. The molecule has 7 heteroatoms. The molecule has 0 fully saturated rings. The fourth-order valence-corrected chi connectivity index (χ4v) is 3.69. The Hall–Kier alpha value is -1.70. The largest absolute Gasteiger partial charge is 0.326 e. The molecule has 0 saturated carbocycles. The highest BCUT2D eigenvalue weighted by atomic mass is 79.9. The zero-order valence-corrected chi connectivity index (χ0v) is 17.2. The Balaban J connectivity index is 1.88. The number of rotatable bonds is 8. The van der Waals surface area contributed by atoms with Crippen molar-refractivity contribution in [3.8, 4) is 0 Å². The van der Waals surface area contributed by atoms with E-state index in [-0.39, 0.29) is 16.7 Å². The van der Waals surface area contributed by atoms with Gasteiger partial charge in [-0.15, -0.1) is 0 Å². The van der Waals surface area contributed by atoms with Gasteiger partial charge in [0.05, 0.1) is 4.90 Å². The predicted molar refractivity (Wildman–Crippen MR) is 108 cm³/mol. The quantitative estimate of drug-likeness (QED) is 0.654. The summed E-state index contributed by atoms with van der Waals surface area (Å²) in [6.45, 7) is 4.30. The van der Waals surface area contributed by atoms with E-state index in [9.17, 15) is 13.2 Å². The number of carbonyl (C=O) groups excluding carboxylic acids is 1. The van der Waals surface area contributed by atoms with Crippen molar-refractivity contribution < 1.29 is 13.2 Å². The molecular weight excluding hydrogens is 416 g/mol. The molecule has 2 rings (SSSR count). The fourth-order valence-electron chi connectivity index (χ4n) is 2.21. The van der Waals surface area contributed by atoms with Gasteiger partial charge in [0.1, 0.15) is 0 Å². The lowest BCUT2D eigenvalue weighted by molar-refractivity contribution is -0.116. The molecule has 26 heavy (non-hydrogen) atoms. The van der Waals surface area contributed by atoms with Crippen molar-refractivity contribution in [1.29, 1.82) is 0 Å². The van der Waals surface area contributed by atoms with Gasteiger partial charge in [0.15, 0.2) is 0 Å². The van der Waals surface area contributed by atoms with Crippen LogP contribution in [0.15, 0.2) is 57.9 Å². The molecule has 0 aromatic heterocycles. The topological polar surface area (TPSA) is 75.3 Å². The highest BCUT2D eigenvalue weighted by molar-refractivity contribution is 9.10. The number of hydrogen-bond acceptors (Lipinski definition) is 3. The second-order valence-electron chi connectivity index (χ2n) is 6.44. The van der Waals surface area contributed by atoms with E-state index in [1.54, 1.807) is 24.3 Å². The van der Waals surface area contributed by atoms with Gasteiger partial charge in [-0.05, 0) is 54.3 Å². The monoisotopic (exact) mass is 438 g/mol. The van der Waals surface area contributed by atoms with Gasteiger partial charge in [-0.2, -0.15) is 0 Å². The van der Waals surface area contributed by atoms with Gasteiger partial charge < -0.3 is 5.32 Å². The molecule has 0 aliphatic heterocycles. The zero-order chi connectivity index (χ0) is 19.2. The first-order chi connectivity index (χ1) is 12.3. The van der Waals surface area contributed by atoms with Crippen molar-refractivity contribution in [2.45, 2.75) is 31.6 Å². The minimum atomic E-state index is -3.48. The number of aryl methyl sites for hydroxylation is 1. The molecule has 140 valence electrons. The van der Waals surface area contributed by atoms with Crippen LogP contribution in [0.1, 0.15) is 25.8 Å². The van der Waals surface area contributed by atoms with Crippen molar-refractivity contribution in [2.75, 3.05) is 11.9 Å². The molecule has 0 bridgehead atoms. The van der Waals surface area contributed by atoms with Crippen LogP contribution in [0.25, 0.3) is 0 Å². The minimum absolute atomic E-state index is 0.0809. The maximum Gasteiger partial charge on any atom is 0.240 e. The number of halogens is 1. The van der Waals surface area contributed by atoms with Gasteiger partial charge in [-0.25, -0.2) is 13.1 Å². The van der Waals surface area contributed by atoms with Gasteiger partial charge in [-0.3, -0.25) is 4.79 Å². The molecule has 0 saturated heterocycles. The van der Waals surface area contributed by atoms with E-state index in [4.69, 9.17) is 0 Å². The number of hydrogen-bond donors (Lipinski definition) is 2. The number of nitrogens with one attached hydrogen (secondary N) is 2. The summed E-state index contributed by atoms with van der Waals surface area (Å²) < 4.78 is 27.9. The summed E-state index contributed by atoms with van der Waals surface area (Å²) in [5.41, 5.74) is 1.66. The van der Waals surface area contributed by atoms with Crippen LogP contribution in [0, 0.1) is 5.92 Å². The Bertz CT molecular complexity index is 832. The summed E-state index contributed by atoms with van der Waals surface area (Å²) in [5.74, 6) is 0.163. The van der Waals surface area contributed by atoms with Crippen LogP contribution in [-0.4, -0.2) is 20.9 Å². The number of carbonyl (C=O) groups is 1. The maximum absolute atomic E-state index is 12.2. The molecule has 2 aromatic carbocycles. The first-order valence-corrected chi connectivity index (χ1v) is 10.7. The average molecular weight is 439 g/mol. The third-order valence-electron chi connectivity index (χ3n) is 3.68. The van der Waals surface area contributed by atoms with E-state index in [1.165, 1.54) is 0 Å². The van der Waals surface area contributed by atoms with Crippen molar-refractivity contribution in [3.05, 3.63) is 58.6 Å². The minimum Gasteiger partial charge on any atom is -0.326 e. The van der Waals surface area contributed by atoms with Crippen molar-refractivity contribution in [3.63, 3.8) is 0 Å². The molecule has 2 aromatic rings. The first kappa shape index (κ1) is 20.6. The second kappa shape index (κ2) is 9.30. The Morgan fingerprint density at radius 3 is 2.23 bits per heavy atom. The Labute approximate surface area is 163 Å². The van der Waals surface area contributed by atoms with E-state index in [1.807, 2.05) is 38.1 Å². The molecular formula is C19H23BrN2O3S. The van der Waals surface area contributed by atoms with Gasteiger partial charge in [0.25, 0.3) is 0 Å². The lowest BCUT2D eigenvalue weighted by Crippen LogP contribution is -2.27. The Morgan fingerprint density at radius 2 is 1.65 bits per heavy atom. The van der Waals surface area contributed by atoms with Crippen LogP contribution in [0.4, 0.5) is 5.69 Å². The molecule has 0 radical (unpaired) electrons. The van der Waals surface area contributed by atoms with Gasteiger partial charge in [0.2, 0.25) is 15.9 Å². The van der Waals surface area contributed by atoms with Crippen LogP contribution in [0.3, 0.4) is 0 Å².